The van der Waals surface area contributed by atoms with Crippen molar-refractivity contribution in [3.8, 4) is 0 Å². The quantitative estimate of drug-likeness (QED) is 0.916. The summed E-state index contributed by atoms with van der Waals surface area (Å²) in [6.07, 6.45) is 2.22. The number of likely N-dealkylation sites (N-methyl/N-ethyl adjacent to an activating group) is 1. The smallest absolute Gasteiger partial charge is 0.325 e. The van der Waals surface area contributed by atoms with Gasteiger partial charge in [0.15, 0.2) is 0 Å². The van der Waals surface area contributed by atoms with Gasteiger partial charge >= 0.3 is 5.97 Å². The number of carboxylic acids is 1. The largest absolute Gasteiger partial charge is 0.480 e. The van der Waals surface area contributed by atoms with Crippen LogP contribution in [-0.2, 0) is 4.79 Å². The number of aliphatic carboxylic acids is 1. The van der Waals surface area contributed by atoms with E-state index in [9.17, 15) is 9.90 Å². The molecule has 2 fully saturated rings. The Labute approximate surface area is 144 Å². The number of hydrogen-bond acceptors (Lipinski definition) is 4. The van der Waals surface area contributed by atoms with E-state index in [0.717, 1.165) is 56.7 Å². The SMILES string of the molecule is Cc1cccc(C(C(=O)O)N2CCN(C)C3(CCN(C)CC3)C2)c1. The molecule has 0 radical (unpaired) electrons. The molecule has 0 amide bonds. The number of nitrogens with zero attached hydrogens (tertiary/aromatic N) is 3. The number of benzene rings is 1. The third-order valence-corrected chi connectivity index (χ3v) is 5.90. The predicted molar refractivity (Wildman–Crippen MR) is 95.2 cm³/mol. The van der Waals surface area contributed by atoms with Gasteiger partial charge in [-0.15, -0.1) is 0 Å². The molecule has 5 heteroatoms. The van der Waals surface area contributed by atoms with Crippen LogP contribution in [0.2, 0.25) is 0 Å². The van der Waals surface area contributed by atoms with Gasteiger partial charge in [0.2, 0.25) is 0 Å². The molecule has 1 atom stereocenters. The molecule has 0 bridgehead atoms. The summed E-state index contributed by atoms with van der Waals surface area (Å²) in [7, 11) is 4.37. The lowest BCUT2D eigenvalue weighted by atomic mass is 9.83. The van der Waals surface area contributed by atoms with Crippen LogP contribution in [0.1, 0.15) is 30.0 Å². The number of carboxylic acid groups (broad SMARTS) is 1. The van der Waals surface area contributed by atoms with Crippen LogP contribution in [0.25, 0.3) is 0 Å². The number of rotatable bonds is 3. The van der Waals surface area contributed by atoms with E-state index < -0.39 is 12.0 Å². The topological polar surface area (TPSA) is 47.0 Å². The molecule has 132 valence electrons. The Bertz CT molecular complexity index is 596. The van der Waals surface area contributed by atoms with E-state index in [4.69, 9.17) is 0 Å². The molecule has 2 aliphatic rings. The normalized spacial score (nSPS) is 24.1. The average Bonchev–Trinajstić information content (AvgIpc) is 2.54. The Morgan fingerprint density at radius 1 is 1.17 bits per heavy atom. The molecule has 0 saturated carbocycles. The zero-order chi connectivity index (χ0) is 17.3. The number of aryl methyl sites for hydroxylation is 1. The van der Waals surface area contributed by atoms with E-state index in [1.54, 1.807) is 0 Å². The van der Waals surface area contributed by atoms with Gasteiger partial charge in [0, 0.05) is 25.2 Å². The highest BCUT2D eigenvalue weighted by atomic mass is 16.4. The van der Waals surface area contributed by atoms with Crippen LogP contribution in [0, 0.1) is 6.92 Å². The second-order valence-corrected chi connectivity index (χ2v) is 7.57. The monoisotopic (exact) mass is 331 g/mol. The summed E-state index contributed by atoms with van der Waals surface area (Å²) in [4.78, 5) is 19.1. The highest BCUT2D eigenvalue weighted by molar-refractivity contribution is 5.75. The lowest BCUT2D eigenvalue weighted by Crippen LogP contribution is -2.64. The number of likely N-dealkylation sites (tertiary alicyclic amines) is 1. The molecule has 0 aliphatic carbocycles. The molecule has 1 N–H and O–H groups in total. The summed E-state index contributed by atoms with van der Waals surface area (Å²) < 4.78 is 0. The minimum atomic E-state index is -0.742. The maximum Gasteiger partial charge on any atom is 0.325 e. The molecular weight excluding hydrogens is 302 g/mol. The van der Waals surface area contributed by atoms with Crippen molar-refractivity contribution in [3.63, 3.8) is 0 Å². The van der Waals surface area contributed by atoms with Crippen LogP contribution in [0.4, 0.5) is 0 Å². The zero-order valence-corrected chi connectivity index (χ0v) is 15.0. The van der Waals surface area contributed by atoms with Crippen LogP contribution in [0.5, 0.6) is 0 Å². The molecule has 2 aliphatic heterocycles. The van der Waals surface area contributed by atoms with Crippen molar-refractivity contribution in [2.75, 3.05) is 46.8 Å². The molecule has 3 rings (SSSR count). The number of piperazine rings is 1. The second kappa shape index (κ2) is 6.82. The van der Waals surface area contributed by atoms with Gasteiger partial charge in [0.25, 0.3) is 0 Å². The van der Waals surface area contributed by atoms with Crippen molar-refractivity contribution in [2.24, 2.45) is 0 Å². The Hall–Kier alpha value is -1.43. The minimum absolute atomic E-state index is 0.113. The Kier molecular flexibility index (Phi) is 4.95. The average molecular weight is 331 g/mol. The van der Waals surface area contributed by atoms with Crippen molar-refractivity contribution in [3.05, 3.63) is 35.4 Å². The first-order valence-electron chi connectivity index (χ1n) is 8.84. The first-order chi connectivity index (χ1) is 11.4. The molecule has 2 heterocycles. The summed E-state index contributed by atoms with van der Waals surface area (Å²) in [5.41, 5.74) is 2.12. The van der Waals surface area contributed by atoms with Crippen LogP contribution in [-0.4, -0.2) is 78.1 Å². The van der Waals surface area contributed by atoms with E-state index in [1.165, 1.54) is 0 Å². The van der Waals surface area contributed by atoms with Gasteiger partial charge in [0.1, 0.15) is 6.04 Å². The molecule has 1 unspecified atom stereocenters. The summed E-state index contributed by atoms with van der Waals surface area (Å²) in [5, 5.41) is 9.90. The molecule has 2 saturated heterocycles. The lowest BCUT2D eigenvalue weighted by Gasteiger charge is -2.53. The maximum absolute atomic E-state index is 12.1. The van der Waals surface area contributed by atoms with Crippen LogP contribution < -0.4 is 0 Å². The Morgan fingerprint density at radius 3 is 2.50 bits per heavy atom. The third kappa shape index (κ3) is 3.34. The van der Waals surface area contributed by atoms with E-state index in [-0.39, 0.29) is 5.54 Å². The molecule has 0 aromatic heterocycles. The van der Waals surface area contributed by atoms with Crippen molar-refractivity contribution in [2.45, 2.75) is 31.3 Å². The summed E-state index contributed by atoms with van der Waals surface area (Å²) >= 11 is 0. The Balaban J connectivity index is 1.85. The number of piperidine rings is 1. The third-order valence-electron chi connectivity index (χ3n) is 5.90. The number of hydrogen-bond donors (Lipinski definition) is 1. The molecule has 1 aromatic carbocycles. The van der Waals surface area contributed by atoms with Crippen molar-refractivity contribution in [1.82, 2.24) is 14.7 Å². The van der Waals surface area contributed by atoms with Crippen molar-refractivity contribution in [1.29, 1.82) is 0 Å². The first kappa shape index (κ1) is 17.4. The van der Waals surface area contributed by atoms with E-state index >= 15 is 0 Å². The maximum atomic E-state index is 12.1. The highest BCUT2D eigenvalue weighted by Gasteiger charge is 2.44. The fourth-order valence-corrected chi connectivity index (χ4v) is 4.24. The van der Waals surface area contributed by atoms with E-state index in [2.05, 4.69) is 28.8 Å². The van der Waals surface area contributed by atoms with Crippen LogP contribution >= 0.6 is 0 Å². The Morgan fingerprint density at radius 2 is 1.88 bits per heavy atom. The molecule has 1 aromatic rings. The fraction of sp³-hybridized carbons (Fsp3) is 0.632. The summed E-state index contributed by atoms with van der Waals surface area (Å²) in [6.45, 7) is 6.76. The zero-order valence-electron chi connectivity index (χ0n) is 15.0. The van der Waals surface area contributed by atoms with Crippen molar-refractivity contribution < 1.29 is 9.90 Å². The van der Waals surface area contributed by atoms with Gasteiger partial charge in [-0.1, -0.05) is 29.8 Å². The number of carbonyl (C=O) groups is 1. The van der Waals surface area contributed by atoms with E-state index in [1.807, 2.05) is 31.2 Å². The van der Waals surface area contributed by atoms with Crippen LogP contribution in [0.3, 0.4) is 0 Å². The van der Waals surface area contributed by atoms with Crippen LogP contribution in [0.15, 0.2) is 24.3 Å². The first-order valence-corrected chi connectivity index (χ1v) is 8.84. The summed E-state index contributed by atoms with van der Waals surface area (Å²) in [5.74, 6) is -0.742. The molecular formula is C19H29N3O2. The summed E-state index contributed by atoms with van der Waals surface area (Å²) in [6, 6.07) is 7.40. The van der Waals surface area contributed by atoms with Gasteiger partial charge in [-0.05, 0) is 52.5 Å². The standard InChI is InChI=1S/C19H29N3O2/c1-15-5-4-6-16(13-15)17(18(23)24)22-12-11-21(3)19(14-22)7-9-20(2)10-8-19/h4-6,13,17H,7-12,14H2,1-3H3,(H,23,24). The van der Waals surface area contributed by atoms with Gasteiger partial charge < -0.3 is 10.0 Å². The molecule has 1 spiro atoms. The highest BCUT2D eigenvalue weighted by Crippen LogP contribution is 2.35. The van der Waals surface area contributed by atoms with E-state index in [0.29, 0.717) is 0 Å². The van der Waals surface area contributed by atoms with Gasteiger partial charge in [-0.2, -0.15) is 0 Å². The minimum Gasteiger partial charge on any atom is -0.480 e. The lowest BCUT2D eigenvalue weighted by molar-refractivity contribution is -0.146. The van der Waals surface area contributed by atoms with Crippen molar-refractivity contribution >= 4 is 5.97 Å². The fourth-order valence-electron chi connectivity index (χ4n) is 4.24. The predicted octanol–water partition coefficient (Wildman–Crippen LogP) is 1.83. The van der Waals surface area contributed by atoms with Gasteiger partial charge in [-0.25, -0.2) is 0 Å². The second-order valence-electron chi connectivity index (χ2n) is 7.57. The molecule has 24 heavy (non-hydrogen) atoms. The molecule has 5 nitrogen and oxygen atoms in total. The van der Waals surface area contributed by atoms with Gasteiger partial charge in [-0.3, -0.25) is 14.6 Å². The van der Waals surface area contributed by atoms with Gasteiger partial charge in [0.05, 0.1) is 0 Å².